The normalized spacial score (nSPS) is 24.5. The molecular formula is C44H52N8O8. The molecule has 0 aromatic heterocycles. The maximum atomic E-state index is 13.0. The van der Waals surface area contributed by atoms with E-state index in [2.05, 4.69) is 21.3 Å². The summed E-state index contributed by atoms with van der Waals surface area (Å²) in [5, 5.41) is 27.2. The molecule has 60 heavy (non-hydrogen) atoms. The van der Waals surface area contributed by atoms with Crippen LogP contribution in [-0.4, -0.2) is 92.1 Å². The number of carbonyl (C=O) groups excluding carboxylic acids is 4. The van der Waals surface area contributed by atoms with Crippen molar-refractivity contribution in [3.05, 3.63) is 144 Å². The van der Waals surface area contributed by atoms with Crippen molar-refractivity contribution in [3.8, 4) is 0 Å². The van der Waals surface area contributed by atoms with Crippen molar-refractivity contribution in [3.63, 3.8) is 0 Å². The smallest absolute Gasteiger partial charge is 0.321 e. The number of carbonyl (C=O) groups is 6. The summed E-state index contributed by atoms with van der Waals surface area (Å²) in [7, 11) is 0. The Morgan fingerprint density at radius 1 is 0.417 bits per heavy atom. The zero-order chi connectivity index (χ0) is 43.9. The molecule has 0 atom stereocenters. The zero-order valence-corrected chi connectivity index (χ0v) is 34.5. The minimum absolute atomic E-state index is 0.196. The lowest BCUT2D eigenvalue weighted by Gasteiger charge is -2.46. The van der Waals surface area contributed by atoms with Gasteiger partial charge in [0.25, 0.3) is 11.9 Å². The Bertz CT molecular complexity index is 1960. The highest BCUT2D eigenvalue weighted by Gasteiger charge is 2.74. The second kappa shape index (κ2) is 17.8. The number of hydrogen-bond acceptors (Lipinski definition) is 6. The Hall–Kier alpha value is -7.10. The largest absolute Gasteiger partial charge is 0.481 e. The van der Waals surface area contributed by atoms with Crippen LogP contribution < -0.4 is 21.3 Å². The second-order valence-electron chi connectivity index (χ2n) is 14.0. The van der Waals surface area contributed by atoms with E-state index < -0.39 is 34.6 Å². The fourth-order valence-electron chi connectivity index (χ4n) is 8.97. The zero-order valence-electron chi connectivity index (χ0n) is 34.5. The van der Waals surface area contributed by atoms with E-state index in [9.17, 15) is 19.2 Å². The number of nitrogens with one attached hydrogen (secondary N) is 4. The SMILES string of the molecule is CC(=O)O.CC(=O)O.CCN1C(=O)NC2(c3ccccc3)NC(=O)N(CC)C12c1ccccc1.CCN1C(=O)NC2(c3ccccc3)NC(=O)N(CC)C12c1ccccc1. The van der Waals surface area contributed by atoms with Gasteiger partial charge >= 0.3 is 24.1 Å². The lowest BCUT2D eigenvalue weighted by Crippen LogP contribution is -2.62. The van der Waals surface area contributed by atoms with Gasteiger partial charge in [0.1, 0.15) is 0 Å². The monoisotopic (exact) mass is 820 g/mol. The number of aliphatic carboxylic acids is 2. The maximum absolute atomic E-state index is 13.0. The molecule has 0 aliphatic carbocycles. The lowest BCUT2D eigenvalue weighted by atomic mass is 9.81. The Balaban J connectivity index is 0.000000193. The highest BCUT2D eigenvalue weighted by Crippen LogP contribution is 2.54. The standard InChI is InChI=1S/2C20H22N4O2.2C2H4O2/c2*1-3-23-17(25)21-19(15-11-7-5-8-12-15)20(23,16-13-9-6-10-14-16)24(4-2)18(26)22-19;2*1-2(3)4/h2*5-14H,3-4H2,1-2H3,(H,21,25)(H,22,26);2*1H3,(H,3,4). The molecule has 8 amide bonds. The molecule has 4 saturated heterocycles. The highest BCUT2D eigenvalue weighted by atomic mass is 16.4. The Morgan fingerprint density at radius 3 is 0.783 bits per heavy atom. The first kappa shape index (κ1) is 44.0. The van der Waals surface area contributed by atoms with Crippen LogP contribution >= 0.6 is 0 Å². The molecule has 4 aromatic carbocycles. The summed E-state index contributed by atoms with van der Waals surface area (Å²) in [6.07, 6.45) is 0. The third-order valence-electron chi connectivity index (χ3n) is 10.8. The molecule has 4 aliphatic rings. The Kier molecular flexibility index (Phi) is 13.1. The first-order chi connectivity index (χ1) is 28.7. The average Bonchev–Trinajstić information content (AvgIpc) is 3.83. The van der Waals surface area contributed by atoms with Gasteiger partial charge in [0.2, 0.25) is 0 Å². The van der Waals surface area contributed by atoms with Crippen LogP contribution in [0.2, 0.25) is 0 Å². The van der Waals surface area contributed by atoms with Gasteiger partial charge in [-0.2, -0.15) is 0 Å². The van der Waals surface area contributed by atoms with Crippen LogP contribution in [0.4, 0.5) is 19.2 Å². The van der Waals surface area contributed by atoms with Crippen molar-refractivity contribution < 1.29 is 39.0 Å². The molecule has 0 spiro atoms. The van der Waals surface area contributed by atoms with Gasteiger partial charge in [0.15, 0.2) is 22.7 Å². The predicted octanol–water partition coefficient (Wildman–Crippen LogP) is 5.75. The molecular weight excluding hydrogens is 769 g/mol. The third-order valence-corrected chi connectivity index (χ3v) is 10.8. The van der Waals surface area contributed by atoms with E-state index in [1.165, 1.54) is 0 Å². The van der Waals surface area contributed by atoms with Crippen LogP contribution in [0.25, 0.3) is 0 Å². The van der Waals surface area contributed by atoms with Crippen LogP contribution in [0.5, 0.6) is 0 Å². The molecule has 0 bridgehead atoms. The summed E-state index contributed by atoms with van der Waals surface area (Å²) < 4.78 is 0. The molecule has 316 valence electrons. The summed E-state index contributed by atoms with van der Waals surface area (Å²) >= 11 is 0. The van der Waals surface area contributed by atoms with Crippen molar-refractivity contribution in [2.75, 3.05) is 26.2 Å². The van der Waals surface area contributed by atoms with Gasteiger partial charge < -0.3 is 31.5 Å². The molecule has 8 rings (SSSR count). The van der Waals surface area contributed by atoms with Crippen LogP contribution in [0.15, 0.2) is 121 Å². The molecule has 4 aromatic rings. The topological polar surface area (TPSA) is 204 Å². The number of nitrogens with zero attached hydrogens (tertiary/aromatic N) is 4. The Morgan fingerprint density at radius 2 is 0.600 bits per heavy atom. The quantitative estimate of drug-likeness (QED) is 0.129. The lowest BCUT2D eigenvalue weighted by molar-refractivity contribution is -0.135. The molecule has 4 fully saturated rings. The molecule has 16 nitrogen and oxygen atoms in total. The van der Waals surface area contributed by atoms with Crippen molar-refractivity contribution in [2.24, 2.45) is 0 Å². The fraction of sp³-hybridized carbons (Fsp3) is 0.318. The summed E-state index contributed by atoms with van der Waals surface area (Å²) in [5.41, 5.74) is -0.602. The fourth-order valence-corrected chi connectivity index (χ4v) is 8.97. The van der Waals surface area contributed by atoms with Crippen molar-refractivity contribution in [1.82, 2.24) is 40.9 Å². The van der Waals surface area contributed by atoms with Gasteiger partial charge in [-0.3, -0.25) is 29.2 Å². The summed E-state index contributed by atoms with van der Waals surface area (Å²) in [5.74, 6) is -1.67. The third kappa shape index (κ3) is 6.96. The van der Waals surface area contributed by atoms with Crippen LogP contribution in [0.1, 0.15) is 63.8 Å². The minimum Gasteiger partial charge on any atom is -0.481 e. The number of urea groups is 4. The first-order valence-electron chi connectivity index (χ1n) is 19.7. The van der Waals surface area contributed by atoms with E-state index in [-0.39, 0.29) is 24.1 Å². The Labute approximate surface area is 349 Å². The van der Waals surface area contributed by atoms with E-state index in [4.69, 9.17) is 19.8 Å². The number of fused-ring (bicyclic) bond motifs is 2. The summed E-state index contributed by atoms with van der Waals surface area (Å²) in [4.78, 5) is 76.9. The van der Waals surface area contributed by atoms with E-state index >= 15 is 0 Å². The number of hydrogen-bond donors (Lipinski definition) is 6. The van der Waals surface area contributed by atoms with E-state index in [1.807, 2.05) is 149 Å². The van der Waals surface area contributed by atoms with Gasteiger partial charge in [-0.15, -0.1) is 0 Å². The van der Waals surface area contributed by atoms with Crippen molar-refractivity contribution >= 4 is 36.1 Å². The molecule has 4 aliphatic heterocycles. The van der Waals surface area contributed by atoms with Crippen molar-refractivity contribution in [2.45, 2.75) is 64.2 Å². The summed E-state index contributed by atoms with van der Waals surface area (Å²) in [6.45, 7) is 11.8. The van der Waals surface area contributed by atoms with Gasteiger partial charge in [0.05, 0.1) is 0 Å². The van der Waals surface area contributed by atoms with Crippen LogP contribution in [0, 0.1) is 0 Å². The van der Waals surface area contributed by atoms with Gasteiger partial charge in [-0.25, -0.2) is 19.2 Å². The number of likely N-dealkylation sites (N-methyl/N-ethyl adjacent to an activating group) is 4. The van der Waals surface area contributed by atoms with E-state index in [0.717, 1.165) is 36.1 Å². The molecule has 0 unspecified atom stereocenters. The minimum atomic E-state index is -1.06. The number of carboxylic acids is 2. The second-order valence-corrected chi connectivity index (χ2v) is 14.0. The van der Waals surface area contributed by atoms with E-state index in [1.54, 1.807) is 19.6 Å². The predicted molar refractivity (Wildman–Crippen MR) is 223 cm³/mol. The van der Waals surface area contributed by atoms with Crippen LogP contribution in [0.3, 0.4) is 0 Å². The number of carboxylic acid groups (broad SMARTS) is 2. The van der Waals surface area contributed by atoms with Gasteiger partial charge in [-0.1, -0.05) is 121 Å². The number of amides is 8. The molecule has 16 heteroatoms. The first-order valence-corrected chi connectivity index (χ1v) is 19.7. The number of benzene rings is 4. The number of rotatable bonds is 8. The van der Waals surface area contributed by atoms with E-state index in [0.29, 0.717) is 26.2 Å². The van der Waals surface area contributed by atoms with Gasteiger partial charge in [-0.05, 0) is 27.7 Å². The maximum Gasteiger partial charge on any atom is 0.321 e. The van der Waals surface area contributed by atoms with Gasteiger partial charge in [0, 0.05) is 62.3 Å². The van der Waals surface area contributed by atoms with Crippen molar-refractivity contribution in [1.29, 1.82) is 0 Å². The molecule has 6 N–H and O–H groups in total. The molecule has 4 heterocycles. The molecule has 0 radical (unpaired) electrons. The van der Waals surface area contributed by atoms with Crippen LogP contribution in [-0.2, 0) is 32.2 Å². The molecule has 0 saturated carbocycles. The highest BCUT2D eigenvalue weighted by molar-refractivity contribution is 5.90. The average molecular weight is 821 g/mol. The summed E-state index contributed by atoms with van der Waals surface area (Å²) in [6, 6.07) is 38.0.